The molecular formula is C21H21N5O3S. The van der Waals surface area contributed by atoms with Crippen molar-refractivity contribution in [3.63, 3.8) is 0 Å². The third-order valence-corrected chi connectivity index (χ3v) is 5.12. The Balaban J connectivity index is 1.40. The van der Waals surface area contributed by atoms with Gasteiger partial charge in [-0.05, 0) is 54.9 Å². The molecule has 2 aromatic carbocycles. The Kier molecular flexibility index (Phi) is 5.62. The topological polar surface area (TPSA) is 115 Å². The molecule has 3 aromatic rings. The first-order chi connectivity index (χ1) is 14.5. The molecular weight excluding hydrogens is 402 g/mol. The van der Waals surface area contributed by atoms with Gasteiger partial charge in [-0.2, -0.15) is 5.10 Å². The van der Waals surface area contributed by atoms with Crippen molar-refractivity contribution >= 4 is 24.0 Å². The summed E-state index contributed by atoms with van der Waals surface area (Å²) in [5.74, 6) is 0.356. The number of nitrogens with two attached hydrogens (primary N) is 1. The van der Waals surface area contributed by atoms with E-state index < -0.39 is 5.91 Å². The zero-order chi connectivity index (χ0) is 21.1. The second kappa shape index (κ2) is 8.50. The minimum absolute atomic E-state index is 0.200. The van der Waals surface area contributed by atoms with E-state index in [2.05, 4.69) is 15.5 Å². The van der Waals surface area contributed by atoms with Crippen LogP contribution in [0.4, 0.5) is 0 Å². The number of amides is 2. The van der Waals surface area contributed by atoms with Crippen LogP contribution in [0.25, 0.3) is 0 Å². The van der Waals surface area contributed by atoms with Gasteiger partial charge < -0.3 is 15.8 Å². The van der Waals surface area contributed by atoms with Crippen LogP contribution >= 0.6 is 12.2 Å². The van der Waals surface area contributed by atoms with Crippen LogP contribution in [0, 0.1) is 4.77 Å². The van der Waals surface area contributed by atoms with Gasteiger partial charge >= 0.3 is 0 Å². The zero-order valence-corrected chi connectivity index (χ0v) is 16.9. The number of para-hydroxylation sites is 1. The number of aromatic nitrogens is 3. The van der Waals surface area contributed by atoms with Gasteiger partial charge in [0.25, 0.3) is 11.8 Å². The van der Waals surface area contributed by atoms with Gasteiger partial charge in [0.05, 0.1) is 12.1 Å². The summed E-state index contributed by atoms with van der Waals surface area (Å²) in [6.45, 7) is 0.487. The van der Waals surface area contributed by atoms with Crippen LogP contribution in [0.1, 0.15) is 51.0 Å². The predicted molar refractivity (Wildman–Crippen MR) is 113 cm³/mol. The first kappa shape index (κ1) is 19.8. The lowest BCUT2D eigenvalue weighted by atomic mass is 10.1. The Morgan fingerprint density at radius 1 is 1.23 bits per heavy atom. The van der Waals surface area contributed by atoms with Crippen molar-refractivity contribution in [3.8, 4) is 5.75 Å². The van der Waals surface area contributed by atoms with Crippen LogP contribution < -0.4 is 15.8 Å². The van der Waals surface area contributed by atoms with Crippen molar-refractivity contribution < 1.29 is 14.3 Å². The van der Waals surface area contributed by atoms with Crippen molar-refractivity contribution in [3.05, 3.63) is 75.8 Å². The Labute approximate surface area is 178 Å². The molecule has 0 saturated heterocycles. The molecule has 1 fully saturated rings. The average Bonchev–Trinajstić information content (AvgIpc) is 3.52. The Morgan fingerprint density at radius 2 is 2.03 bits per heavy atom. The van der Waals surface area contributed by atoms with Gasteiger partial charge in [-0.1, -0.05) is 24.3 Å². The van der Waals surface area contributed by atoms with Gasteiger partial charge in [0.2, 0.25) is 0 Å². The van der Waals surface area contributed by atoms with Crippen molar-refractivity contribution in [1.29, 1.82) is 0 Å². The maximum atomic E-state index is 12.6. The quantitative estimate of drug-likeness (QED) is 0.482. The van der Waals surface area contributed by atoms with Crippen LogP contribution in [0.2, 0.25) is 0 Å². The molecule has 0 unspecified atom stereocenters. The predicted octanol–water partition coefficient (Wildman–Crippen LogP) is 2.88. The van der Waals surface area contributed by atoms with Crippen LogP contribution in [-0.2, 0) is 13.2 Å². The molecule has 4 N–H and O–H groups in total. The monoisotopic (exact) mass is 423 g/mol. The molecule has 1 aliphatic carbocycles. The van der Waals surface area contributed by atoms with Crippen molar-refractivity contribution in [2.75, 3.05) is 0 Å². The smallest absolute Gasteiger partial charge is 0.252 e. The number of rotatable bonds is 8. The summed E-state index contributed by atoms with van der Waals surface area (Å²) in [6, 6.07) is 14.3. The highest BCUT2D eigenvalue weighted by Gasteiger charge is 2.27. The number of carbonyl (C=O) groups is 2. The molecule has 4 rings (SSSR count). The molecule has 1 saturated carbocycles. The number of ether oxygens (including phenoxy) is 1. The number of hydrogen-bond acceptors (Lipinski definition) is 5. The van der Waals surface area contributed by atoms with E-state index in [1.807, 2.05) is 10.6 Å². The third kappa shape index (κ3) is 4.41. The van der Waals surface area contributed by atoms with Crippen molar-refractivity contribution in [1.82, 2.24) is 20.1 Å². The second-order valence-corrected chi connectivity index (χ2v) is 7.47. The van der Waals surface area contributed by atoms with E-state index >= 15 is 0 Å². The van der Waals surface area contributed by atoms with Gasteiger partial charge in [-0.3, -0.25) is 19.3 Å². The summed E-state index contributed by atoms with van der Waals surface area (Å²) in [5.41, 5.74) is 6.99. The highest BCUT2D eigenvalue weighted by atomic mass is 32.1. The zero-order valence-electron chi connectivity index (χ0n) is 16.1. The fourth-order valence-corrected chi connectivity index (χ4v) is 3.49. The first-order valence-corrected chi connectivity index (χ1v) is 9.98. The van der Waals surface area contributed by atoms with Gasteiger partial charge in [-0.15, -0.1) is 0 Å². The first-order valence-electron chi connectivity index (χ1n) is 9.57. The largest absolute Gasteiger partial charge is 0.488 e. The summed E-state index contributed by atoms with van der Waals surface area (Å²) in [4.78, 5) is 24.1. The third-order valence-electron chi connectivity index (χ3n) is 4.83. The van der Waals surface area contributed by atoms with Gasteiger partial charge in [0.15, 0.2) is 10.6 Å². The number of benzene rings is 2. The molecule has 30 heavy (non-hydrogen) atoms. The van der Waals surface area contributed by atoms with Crippen LogP contribution in [0.3, 0.4) is 0 Å². The van der Waals surface area contributed by atoms with Crippen molar-refractivity contribution in [2.45, 2.75) is 32.0 Å². The molecule has 1 aliphatic rings. The van der Waals surface area contributed by atoms with Gasteiger partial charge in [0.1, 0.15) is 12.4 Å². The summed E-state index contributed by atoms with van der Waals surface area (Å²) < 4.78 is 8.29. The SMILES string of the molecule is NC(=O)c1ccccc1OCc1cccc(C(=O)NCc2n[nH]c(=S)n2C2CC2)c1. The molecule has 2 amide bonds. The number of carbonyl (C=O) groups excluding carboxylic acids is 2. The Bertz CT molecular complexity index is 1150. The molecule has 0 aliphatic heterocycles. The number of nitrogens with zero attached hydrogens (tertiary/aromatic N) is 2. The molecule has 0 spiro atoms. The summed E-state index contributed by atoms with van der Waals surface area (Å²) in [7, 11) is 0. The fourth-order valence-electron chi connectivity index (χ4n) is 3.19. The lowest BCUT2D eigenvalue weighted by Gasteiger charge is -2.11. The van der Waals surface area contributed by atoms with E-state index in [1.54, 1.807) is 42.5 Å². The van der Waals surface area contributed by atoms with E-state index in [9.17, 15) is 9.59 Å². The molecule has 0 bridgehead atoms. The number of aromatic amines is 1. The normalized spacial score (nSPS) is 13.1. The van der Waals surface area contributed by atoms with E-state index in [1.165, 1.54) is 0 Å². The van der Waals surface area contributed by atoms with E-state index in [0.717, 1.165) is 24.2 Å². The average molecular weight is 423 g/mol. The summed E-state index contributed by atoms with van der Waals surface area (Å²) in [6.07, 6.45) is 2.16. The maximum Gasteiger partial charge on any atom is 0.252 e. The molecule has 0 radical (unpaired) electrons. The molecule has 8 nitrogen and oxygen atoms in total. The second-order valence-electron chi connectivity index (χ2n) is 7.08. The number of hydrogen-bond donors (Lipinski definition) is 3. The molecule has 1 aromatic heterocycles. The molecule has 1 heterocycles. The summed E-state index contributed by atoms with van der Waals surface area (Å²) in [5, 5.41) is 9.90. The van der Waals surface area contributed by atoms with Crippen molar-refractivity contribution in [2.24, 2.45) is 5.73 Å². The lowest BCUT2D eigenvalue weighted by molar-refractivity contribution is 0.0948. The summed E-state index contributed by atoms with van der Waals surface area (Å²) >= 11 is 5.26. The Hall–Kier alpha value is -3.46. The standard InChI is InChI=1S/C21H21N5O3S/c22-19(27)16-6-1-2-7-17(16)29-12-13-4-3-5-14(10-13)20(28)23-11-18-24-25-21(30)26(18)15-8-9-15/h1-7,10,15H,8-9,11-12H2,(H2,22,27)(H,23,28)(H,25,30). The maximum absolute atomic E-state index is 12.6. The molecule has 9 heteroatoms. The molecule has 154 valence electrons. The highest BCUT2D eigenvalue weighted by molar-refractivity contribution is 7.71. The minimum Gasteiger partial charge on any atom is -0.488 e. The van der Waals surface area contributed by atoms with Crippen LogP contribution in [-0.4, -0.2) is 26.6 Å². The van der Waals surface area contributed by atoms with E-state index in [0.29, 0.717) is 27.7 Å². The van der Waals surface area contributed by atoms with Gasteiger partial charge in [0, 0.05) is 11.6 Å². The van der Waals surface area contributed by atoms with Gasteiger partial charge in [-0.25, -0.2) is 0 Å². The minimum atomic E-state index is -0.553. The van der Waals surface area contributed by atoms with Crippen LogP contribution in [0.15, 0.2) is 48.5 Å². The molecule has 0 atom stereocenters. The highest BCUT2D eigenvalue weighted by Crippen LogP contribution is 2.35. The van der Waals surface area contributed by atoms with Crippen LogP contribution in [0.5, 0.6) is 5.75 Å². The number of H-pyrrole nitrogens is 1. The fraction of sp³-hybridized carbons (Fsp3) is 0.238. The lowest BCUT2D eigenvalue weighted by Crippen LogP contribution is -2.25. The number of primary amides is 1. The number of nitrogens with one attached hydrogen (secondary N) is 2. The van der Waals surface area contributed by atoms with E-state index in [-0.39, 0.29) is 19.1 Å². The Morgan fingerprint density at radius 3 is 2.80 bits per heavy atom. The van der Waals surface area contributed by atoms with E-state index in [4.69, 9.17) is 22.7 Å².